The number of hydrogen-bond donors (Lipinski definition) is 1. The summed E-state index contributed by atoms with van der Waals surface area (Å²) in [7, 11) is 0. The number of likely N-dealkylation sites (tertiary alicyclic amines) is 1. The molecule has 3 rings (SSSR count). The number of nitrogens with zero attached hydrogens (tertiary/aromatic N) is 2. The Hall–Kier alpha value is -1.06. The number of hydrazine groups is 1. The molecule has 2 aliphatic heterocycles. The Morgan fingerprint density at radius 3 is 2.21 bits per heavy atom. The van der Waals surface area contributed by atoms with Gasteiger partial charge in [-0.25, -0.2) is 5.01 Å². The van der Waals surface area contributed by atoms with Gasteiger partial charge in [0.25, 0.3) is 0 Å². The fourth-order valence-corrected chi connectivity index (χ4v) is 3.32. The van der Waals surface area contributed by atoms with Crippen molar-refractivity contribution in [1.82, 2.24) is 9.91 Å². The minimum atomic E-state index is 0.828. The van der Waals surface area contributed by atoms with E-state index >= 15 is 0 Å². The van der Waals surface area contributed by atoms with E-state index in [4.69, 9.17) is 0 Å². The van der Waals surface area contributed by atoms with E-state index in [-0.39, 0.29) is 0 Å². The fraction of sp³-hybridized carbons (Fsp3) is 0.625. The number of anilines is 1. The van der Waals surface area contributed by atoms with Gasteiger partial charge in [0.05, 0.1) is 0 Å². The lowest BCUT2D eigenvalue weighted by molar-refractivity contribution is 0.102. The van der Waals surface area contributed by atoms with Gasteiger partial charge in [-0.1, -0.05) is 24.6 Å². The van der Waals surface area contributed by atoms with Crippen molar-refractivity contribution in [2.45, 2.75) is 38.1 Å². The van der Waals surface area contributed by atoms with Crippen molar-refractivity contribution in [2.75, 3.05) is 31.6 Å². The topological polar surface area (TPSA) is 18.5 Å². The second-order valence-electron chi connectivity index (χ2n) is 5.79. The number of piperidine rings is 2. The molecule has 2 fully saturated rings. The van der Waals surface area contributed by atoms with Crippen LogP contribution in [0.25, 0.3) is 0 Å². The Balaban J connectivity index is 1.46. The van der Waals surface area contributed by atoms with Gasteiger partial charge in [-0.15, -0.1) is 0 Å². The van der Waals surface area contributed by atoms with E-state index in [0.717, 1.165) is 19.1 Å². The molecule has 0 saturated carbocycles. The molecule has 0 unspecified atom stereocenters. The van der Waals surface area contributed by atoms with Crippen LogP contribution in [0.15, 0.2) is 30.3 Å². The van der Waals surface area contributed by atoms with Gasteiger partial charge < -0.3 is 10.3 Å². The average Bonchev–Trinajstić information content (AvgIpc) is 2.50. The van der Waals surface area contributed by atoms with E-state index in [2.05, 4.69) is 45.7 Å². The lowest BCUT2D eigenvalue weighted by Gasteiger charge is -2.40. The minimum Gasteiger partial charge on any atom is -0.319 e. The smallest absolute Gasteiger partial charge is 0.0490 e. The van der Waals surface area contributed by atoms with Crippen molar-refractivity contribution in [3.05, 3.63) is 30.3 Å². The van der Waals surface area contributed by atoms with E-state index in [9.17, 15) is 0 Å². The summed E-state index contributed by atoms with van der Waals surface area (Å²) in [5.74, 6) is 0. The van der Waals surface area contributed by atoms with Gasteiger partial charge in [0.2, 0.25) is 0 Å². The second-order valence-corrected chi connectivity index (χ2v) is 5.79. The largest absolute Gasteiger partial charge is 0.319 e. The van der Waals surface area contributed by atoms with E-state index in [1.54, 1.807) is 0 Å². The normalized spacial score (nSPS) is 23.4. The summed E-state index contributed by atoms with van der Waals surface area (Å²) < 4.78 is 0. The van der Waals surface area contributed by atoms with Gasteiger partial charge in [-0.2, -0.15) is 0 Å². The first-order valence-electron chi connectivity index (χ1n) is 7.72. The maximum absolute atomic E-state index is 3.52. The molecule has 3 heteroatoms. The van der Waals surface area contributed by atoms with Crippen LogP contribution in [0.3, 0.4) is 0 Å². The van der Waals surface area contributed by atoms with Gasteiger partial charge >= 0.3 is 0 Å². The molecule has 2 aliphatic rings. The van der Waals surface area contributed by atoms with Crippen LogP contribution in [0.5, 0.6) is 0 Å². The number of para-hydroxylation sites is 1. The van der Waals surface area contributed by atoms with E-state index in [0.29, 0.717) is 0 Å². The molecule has 0 spiro atoms. The van der Waals surface area contributed by atoms with Crippen LogP contribution >= 0.6 is 0 Å². The lowest BCUT2D eigenvalue weighted by Crippen LogP contribution is -2.48. The third-order valence-electron chi connectivity index (χ3n) is 4.43. The van der Waals surface area contributed by atoms with Crippen LogP contribution in [0, 0.1) is 0 Å². The summed E-state index contributed by atoms with van der Waals surface area (Å²) in [5, 5.41) is 2.37. The molecule has 0 aromatic heterocycles. The van der Waals surface area contributed by atoms with Gasteiger partial charge in [0.15, 0.2) is 0 Å². The zero-order chi connectivity index (χ0) is 12.9. The van der Waals surface area contributed by atoms with E-state index in [1.807, 2.05) is 0 Å². The predicted molar refractivity (Wildman–Crippen MR) is 80.1 cm³/mol. The van der Waals surface area contributed by atoms with Crippen LogP contribution in [0.2, 0.25) is 0 Å². The number of hydrogen-bond acceptors (Lipinski definition) is 3. The summed E-state index contributed by atoms with van der Waals surface area (Å²) in [6.45, 7) is 4.99. The standard InChI is InChI=1S/C16H25N3/c1-3-7-15(8-4-1)17-19-13-9-16(10-14-19)18-11-5-2-6-12-18/h1,3-4,7-8,16-17H,2,5-6,9-14H2. The summed E-state index contributed by atoms with van der Waals surface area (Å²) in [5.41, 5.74) is 4.73. The molecule has 1 aromatic carbocycles. The van der Waals surface area contributed by atoms with E-state index in [1.165, 1.54) is 50.9 Å². The maximum atomic E-state index is 3.52. The van der Waals surface area contributed by atoms with E-state index < -0.39 is 0 Å². The zero-order valence-electron chi connectivity index (χ0n) is 11.7. The van der Waals surface area contributed by atoms with Gasteiger partial charge in [-0.05, 0) is 50.9 Å². The molecule has 3 nitrogen and oxygen atoms in total. The van der Waals surface area contributed by atoms with Crippen molar-refractivity contribution in [3.8, 4) is 0 Å². The molecule has 0 atom stereocenters. The Bertz CT molecular complexity index is 365. The molecular formula is C16H25N3. The highest BCUT2D eigenvalue weighted by Gasteiger charge is 2.25. The molecule has 0 amide bonds. The first kappa shape index (κ1) is 12.9. The van der Waals surface area contributed by atoms with Crippen LogP contribution in [-0.2, 0) is 0 Å². The Morgan fingerprint density at radius 2 is 1.53 bits per heavy atom. The summed E-state index contributed by atoms with van der Waals surface area (Å²) in [4.78, 5) is 2.73. The number of benzene rings is 1. The molecule has 0 aliphatic carbocycles. The number of nitrogens with one attached hydrogen (secondary N) is 1. The third-order valence-corrected chi connectivity index (χ3v) is 4.43. The van der Waals surface area contributed by atoms with Crippen molar-refractivity contribution in [2.24, 2.45) is 0 Å². The van der Waals surface area contributed by atoms with Crippen molar-refractivity contribution in [3.63, 3.8) is 0 Å². The zero-order valence-corrected chi connectivity index (χ0v) is 11.7. The van der Waals surface area contributed by atoms with Gasteiger partial charge in [0, 0.05) is 24.8 Å². The summed E-state index contributed by atoms with van der Waals surface area (Å²) in [6, 6.07) is 11.3. The van der Waals surface area contributed by atoms with Crippen molar-refractivity contribution < 1.29 is 0 Å². The number of rotatable bonds is 3. The third kappa shape index (κ3) is 3.48. The predicted octanol–water partition coefficient (Wildman–Crippen LogP) is 2.96. The SMILES string of the molecule is c1ccc(NN2CCC(N3CCCCC3)CC2)cc1. The van der Waals surface area contributed by atoms with Crippen LogP contribution in [0.4, 0.5) is 5.69 Å². The Labute approximate surface area is 116 Å². The molecule has 1 N–H and O–H groups in total. The highest BCUT2D eigenvalue weighted by molar-refractivity contribution is 5.41. The quantitative estimate of drug-likeness (QED) is 0.900. The van der Waals surface area contributed by atoms with Crippen LogP contribution in [-0.4, -0.2) is 42.1 Å². The first-order chi connectivity index (χ1) is 9.42. The van der Waals surface area contributed by atoms with Gasteiger partial charge in [0.1, 0.15) is 0 Å². The molecule has 2 saturated heterocycles. The molecule has 0 radical (unpaired) electrons. The lowest BCUT2D eigenvalue weighted by atomic mass is 10.0. The molecular weight excluding hydrogens is 234 g/mol. The molecule has 1 aromatic rings. The molecule has 104 valence electrons. The van der Waals surface area contributed by atoms with Crippen LogP contribution < -0.4 is 5.43 Å². The van der Waals surface area contributed by atoms with Crippen molar-refractivity contribution in [1.29, 1.82) is 0 Å². The summed E-state index contributed by atoms with van der Waals surface area (Å²) >= 11 is 0. The molecule has 19 heavy (non-hydrogen) atoms. The Kier molecular flexibility index (Phi) is 4.36. The Morgan fingerprint density at radius 1 is 0.842 bits per heavy atom. The van der Waals surface area contributed by atoms with Gasteiger partial charge in [-0.3, -0.25) is 0 Å². The molecule has 2 heterocycles. The van der Waals surface area contributed by atoms with Crippen molar-refractivity contribution >= 4 is 5.69 Å². The fourth-order valence-electron chi connectivity index (χ4n) is 3.32. The molecule has 0 bridgehead atoms. The first-order valence-corrected chi connectivity index (χ1v) is 7.72. The highest BCUT2D eigenvalue weighted by atomic mass is 15.5. The van der Waals surface area contributed by atoms with Crippen LogP contribution in [0.1, 0.15) is 32.1 Å². The average molecular weight is 259 g/mol. The monoisotopic (exact) mass is 259 g/mol. The highest BCUT2D eigenvalue weighted by Crippen LogP contribution is 2.21. The summed E-state index contributed by atoms with van der Waals surface area (Å²) in [6.07, 6.45) is 6.86. The maximum Gasteiger partial charge on any atom is 0.0490 e. The second kappa shape index (κ2) is 6.40. The minimum absolute atomic E-state index is 0.828.